The lowest BCUT2D eigenvalue weighted by Gasteiger charge is -2.37. The largest absolute Gasteiger partial charge is 0.573 e. The Labute approximate surface area is 104 Å². The van der Waals surface area contributed by atoms with E-state index in [1.165, 1.54) is 12.1 Å². The normalized spacial score (nSPS) is 23.6. The summed E-state index contributed by atoms with van der Waals surface area (Å²) in [4.78, 5) is 0. The molecule has 0 radical (unpaired) electrons. The average Bonchev–Trinajstić information content (AvgIpc) is 2.22. The van der Waals surface area contributed by atoms with E-state index in [4.69, 9.17) is 0 Å². The fourth-order valence-corrected chi connectivity index (χ4v) is 2.46. The molecule has 0 aliphatic heterocycles. The highest BCUT2D eigenvalue weighted by molar-refractivity contribution is 5.32. The van der Waals surface area contributed by atoms with Crippen LogP contribution in [0.2, 0.25) is 0 Å². The number of halogens is 3. The molecule has 18 heavy (non-hydrogen) atoms. The smallest absolute Gasteiger partial charge is 0.406 e. The van der Waals surface area contributed by atoms with Crippen LogP contribution in [0.4, 0.5) is 13.2 Å². The molecule has 0 aromatic heterocycles. The van der Waals surface area contributed by atoms with E-state index in [0.29, 0.717) is 11.8 Å². The van der Waals surface area contributed by atoms with E-state index in [9.17, 15) is 13.2 Å². The highest BCUT2D eigenvalue weighted by Crippen LogP contribution is 2.43. The first-order valence-electron chi connectivity index (χ1n) is 6.00. The van der Waals surface area contributed by atoms with Crippen molar-refractivity contribution >= 4 is 0 Å². The molecule has 2 rings (SSSR count). The van der Waals surface area contributed by atoms with E-state index in [1.807, 2.05) is 13.1 Å². The SMILES string of the molecule is CNCC1CCC1c1cccc(OC(F)(F)F)c1. The zero-order valence-corrected chi connectivity index (χ0v) is 10.1. The second-order valence-corrected chi connectivity index (χ2v) is 4.62. The van der Waals surface area contributed by atoms with Gasteiger partial charge in [0.1, 0.15) is 5.75 Å². The maximum Gasteiger partial charge on any atom is 0.573 e. The van der Waals surface area contributed by atoms with Gasteiger partial charge in [-0.2, -0.15) is 0 Å². The lowest BCUT2D eigenvalue weighted by Crippen LogP contribution is -2.32. The second-order valence-electron chi connectivity index (χ2n) is 4.62. The van der Waals surface area contributed by atoms with Crippen LogP contribution in [0.1, 0.15) is 24.3 Å². The van der Waals surface area contributed by atoms with Gasteiger partial charge in [-0.25, -0.2) is 0 Å². The Morgan fingerprint density at radius 3 is 2.67 bits per heavy atom. The molecule has 1 aromatic carbocycles. The van der Waals surface area contributed by atoms with Gasteiger partial charge in [0.15, 0.2) is 0 Å². The van der Waals surface area contributed by atoms with Crippen LogP contribution in [0, 0.1) is 5.92 Å². The molecule has 1 aromatic rings. The van der Waals surface area contributed by atoms with E-state index in [1.54, 1.807) is 6.07 Å². The number of ether oxygens (including phenoxy) is 1. The highest BCUT2D eigenvalue weighted by Gasteiger charge is 2.33. The van der Waals surface area contributed by atoms with E-state index in [-0.39, 0.29) is 5.75 Å². The number of hydrogen-bond donors (Lipinski definition) is 1. The van der Waals surface area contributed by atoms with Gasteiger partial charge in [-0.05, 0) is 56.0 Å². The summed E-state index contributed by atoms with van der Waals surface area (Å²) >= 11 is 0. The second kappa shape index (κ2) is 5.18. The zero-order chi connectivity index (χ0) is 13.2. The number of rotatable bonds is 4. The van der Waals surface area contributed by atoms with Gasteiger partial charge in [0.05, 0.1) is 0 Å². The van der Waals surface area contributed by atoms with Gasteiger partial charge in [0, 0.05) is 0 Å². The maximum atomic E-state index is 12.1. The predicted octanol–water partition coefficient (Wildman–Crippen LogP) is 3.30. The van der Waals surface area contributed by atoms with Crippen LogP contribution in [0.15, 0.2) is 24.3 Å². The number of benzene rings is 1. The van der Waals surface area contributed by atoms with Gasteiger partial charge in [-0.15, -0.1) is 13.2 Å². The topological polar surface area (TPSA) is 21.3 Å². The molecule has 2 atom stereocenters. The third kappa shape index (κ3) is 3.16. The first kappa shape index (κ1) is 13.2. The van der Waals surface area contributed by atoms with Gasteiger partial charge in [-0.3, -0.25) is 0 Å². The van der Waals surface area contributed by atoms with Crippen molar-refractivity contribution in [2.75, 3.05) is 13.6 Å². The van der Waals surface area contributed by atoms with Crippen molar-refractivity contribution < 1.29 is 17.9 Å². The van der Waals surface area contributed by atoms with E-state index < -0.39 is 6.36 Å². The number of alkyl halides is 3. The van der Waals surface area contributed by atoms with Crippen LogP contribution < -0.4 is 10.1 Å². The lowest BCUT2D eigenvalue weighted by molar-refractivity contribution is -0.274. The zero-order valence-electron chi connectivity index (χ0n) is 10.1. The Kier molecular flexibility index (Phi) is 3.80. The molecule has 100 valence electrons. The standard InChI is InChI=1S/C13H16F3NO/c1-17-8-10-5-6-12(10)9-3-2-4-11(7-9)18-13(14,15)16/h2-4,7,10,12,17H,5-6,8H2,1H3. The molecular weight excluding hydrogens is 243 g/mol. The van der Waals surface area contributed by atoms with Gasteiger partial charge < -0.3 is 10.1 Å². The summed E-state index contributed by atoms with van der Waals surface area (Å²) in [6.07, 6.45) is -2.47. The van der Waals surface area contributed by atoms with Gasteiger partial charge in [0.25, 0.3) is 0 Å². The molecule has 2 unspecified atom stereocenters. The Morgan fingerprint density at radius 1 is 1.33 bits per heavy atom. The number of hydrogen-bond acceptors (Lipinski definition) is 2. The summed E-state index contributed by atoms with van der Waals surface area (Å²) in [6.45, 7) is 0.898. The Morgan fingerprint density at radius 2 is 2.11 bits per heavy atom. The molecule has 1 saturated carbocycles. The lowest BCUT2D eigenvalue weighted by atomic mass is 9.70. The summed E-state index contributed by atoms with van der Waals surface area (Å²) in [5, 5.41) is 3.11. The van der Waals surface area contributed by atoms with Crippen LogP contribution in [0.3, 0.4) is 0 Å². The van der Waals surface area contributed by atoms with E-state index in [2.05, 4.69) is 10.1 Å². The molecule has 1 fully saturated rings. The van der Waals surface area contributed by atoms with Crippen molar-refractivity contribution in [2.24, 2.45) is 5.92 Å². The molecule has 0 heterocycles. The minimum absolute atomic E-state index is 0.130. The first-order valence-corrected chi connectivity index (χ1v) is 6.00. The number of nitrogens with one attached hydrogen (secondary N) is 1. The summed E-state index contributed by atoms with van der Waals surface area (Å²) in [7, 11) is 1.89. The predicted molar refractivity (Wildman–Crippen MR) is 62.5 cm³/mol. The van der Waals surface area contributed by atoms with Gasteiger partial charge in [-0.1, -0.05) is 12.1 Å². The van der Waals surface area contributed by atoms with E-state index >= 15 is 0 Å². The van der Waals surface area contributed by atoms with Crippen LogP contribution in [0.25, 0.3) is 0 Å². The van der Waals surface area contributed by atoms with Crippen molar-refractivity contribution in [3.05, 3.63) is 29.8 Å². The van der Waals surface area contributed by atoms with Crippen molar-refractivity contribution in [1.29, 1.82) is 0 Å². The summed E-state index contributed by atoms with van der Waals surface area (Å²) in [5.74, 6) is 0.723. The molecule has 2 nitrogen and oxygen atoms in total. The molecule has 1 N–H and O–H groups in total. The van der Waals surface area contributed by atoms with Crippen molar-refractivity contribution in [1.82, 2.24) is 5.32 Å². The molecule has 5 heteroatoms. The first-order chi connectivity index (χ1) is 8.49. The fourth-order valence-electron chi connectivity index (χ4n) is 2.46. The fraction of sp³-hybridized carbons (Fsp3) is 0.538. The highest BCUT2D eigenvalue weighted by atomic mass is 19.4. The summed E-state index contributed by atoms with van der Waals surface area (Å²) in [6, 6.07) is 6.32. The quantitative estimate of drug-likeness (QED) is 0.895. The Bertz CT molecular complexity index is 405. The summed E-state index contributed by atoms with van der Waals surface area (Å²) < 4.78 is 40.3. The maximum absolute atomic E-state index is 12.1. The third-order valence-corrected chi connectivity index (χ3v) is 3.40. The third-order valence-electron chi connectivity index (χ3n) is 3.40. The van der Waals surface area contributed by atoms with E-state index in [0.717, 1.165) is 24.9 Å². The minimum Gasteiger partial charge on any atom is -0.406 e. The van der Waals surface area contributed by atoms with Crippen molar-refractivity contribution in [3.8, 4) is 5.75 Å². The molecule has 0 spiro atoms. The molecule has 0 amide bonds. The summed E-state index contributed by atoms with van der Waals surface area (Å²) in [5.41, 5.74) is 0.934. The van der Waals surface area contributed by atoms with Gasteiger partial charge >= 0.3 is 6.36 Å². The van der Waals surface area contributed by atoms with Crippen molar-refractivity contribution in [3.63, 3.8) is 0 Å². The Hall–Kier alpha value is -1.23. The van der Waals surface area contributed by atoms with Crippen molar-refractivity contribution in [2.45, 2.75) is 25.1 Å². The molecule has 0 bridgehead atoms. The molecule has 1 aliphatic rings. The molecule has 1 aliphatic carbocycles. The minimum atomic E-state index is -4.62. The Balaban J connectivity index is 2.08. The average molecular weight is 259 g/mol. The van der Waals surface area contributed by atoms with Gasteiger partial charge in [0.2, 0.25) is 0 Å². The molecular formula is C13H16F3NO. The van der Waals surface area contributed by atoms with Crippen LogP contribution in [-0.4, -0.2) is 20.0 Å². The van der Waals surface area contributed by atoms with Crippen LogP contribution in [0.5, 0.6) is 5.75 Å². The molecule has 0 saturated heterocycles. The van der Waals surface area contributed by atoms with Crippen LogP contribution >= 0.6 is 0 Å². The van der Waals surface area contributed by atoms with Crippen LogP contribution in [-0.2, 0) is 0 Å². The monoisotopic (exact) mass is 259 g/mol.